The minimum atomic E-state index is -0.646. The minimum Gasteiger partial charge on any atom is -0.444 e. The Balaban J connectivity index is 2.04. The predicted octanol–water partition coefficient (Wildman–Crippen LogP) is 4.55. The number of ether oxygens (including phenoxy) is 1. The second-order valence-corrected chi connectivity index (χ2v) is 9.83. The van der Waals surface area contributed by atoms with E-state index in [1.54, 1.807) is 43.5 Å². The van der Waals surface area contributed by atoms with Crippen LogP contribution in [0, 0.1) is 5.92 Å². The first kappa shape index (κ1) is 23.7. The molecule has 3 rings (SSSR count). The third-order valence-electron chi connectivity index (χ3n) is 4.61. The molecule has 0 bridgehead atoms. The zero-order valence-corrected chi connectivity index (χ0v) is 19.8. The molecule has 0 saturated heterocycles. The van der Waals surface area contributed by atoms with E-state index >= 15 is 0 Å². The molecular formula is C23H30N4O4S. The standard InChI is InChI=1S/C23H30N4O4S/c1-14(2)11-16(12-28)24-21(29)19-18(15-8-10-32-13-15)26-20-17(7-6-9-27(19)20)25-22(30)31-23(3,4)5/h6-10,13-14,16,28H,11-12H2,1-5H3,(H,24,29)(H,25,30)/t16-/m0/s1. The van der Waals surface area contributed by atoms with Gasteiger partial charge in [0, 0.05) is 17.1 Å². The van der Waals surface area contributed by atoms with E-state index in [1.807, 2.05) is 30.7 Å². The number of fused-ring (bicyclic) bond motifs is 1. The highest BCUT2D eigenvalue weighted by atomic mass is 32.1. The zero-order chi connectivity index (χ0) is 23.5. The molecule has 2 amide bonds. The number of aromatic nitrogens is 2. The summed E-state index contributed by atoms with van der Waals surface area (Å²) in [4.78, 5) is 30.3. The van der Waals surface area contributed by atoms with Crippen molar-refractivity contribution >= 4 is 34.7 Å². The first-order valence-corrected chi connectivity index (χ1v) is 11.5. The Bertz CT molecular complexity index is 1080. The van der Waals surface area contributed by atoms with Crippen LogP contribution in [0.1, 0.15) is 51.5 Å². The van der Waals surface area contributed by atoms with Crippen molar-refractivity contribution in [2.24, 2.45) is 5.92 Å². The molecular weight excluding hydrogens is 428 g/mol. The summed E-state index contributed by atoms with van der Waals surface area (Å²) < 4.78 is 7.01. The van der Waals surface area contributed by atoms with E-state index in [-0.39, 0.29) is 18.6 Å². The first-order valence-electron chi connectivity index (χ1n) is 10.5. The fourth-order valence-corrected chi connectivity index (χ4v) is 4.04. The smallest absolute Gasteiger partial charge is 0.412 e. The Morgan fingerprint density at radius 3 is 2.62 bits per heavy atom. The average molecular weight is 459 g/mol. The molecule has 0 unspecified atom stereocenters. The molecule has 0 fully saturated rings. The molecule has 3 aromatic rings. The maximum atomic E-state index is 13.3. The number of aliphatic hydroxyl groups is 1. The fourth-order valence-electron chi connectivity index (χ4n) is 3.40. The number of thiophene rings is 1. The van der Waals surface area contributed by atoms with E-state index in [9.17, 15) is 14.7 Å². The monoisotopic (exact) mass is 458 g/mol. The molecule has 0 aliphatic heterocycles. The van der Waals surface area contributed by atoms with Gasteiger partial charge in [0.25, 0.3) is 5.91 Å². The molecule has 3 aromatic heterocycles. The molecule has 0 radical (unpaired) electrons. The van der Waals surface area contributed by atoms with Crippen molar-refractivity contribution in [3.8, 4) is 11.3 Å². The molecule has 172 valence electrons. The van der Waals surface area contributed by atoms with Gasteiger partial charge in [0.1, 0.15) is 17.0 Å². The van der Waals surface area contributed by atoms with Crippen molar-refractivity contribution in [3.05, 3.63) is 40.8 Å². The van der Waals surface area contributed by atoms with Crippen LogP contribution in [0.15, 0.2) is 35.2 Å². The Labute approximate surface area is 191 Å². The van der Waals surface area contributed by atoms with Gasteiger partial charge in [-0.1, -0.05) is 13.8 Å². The SMILES string of the molecule is CC(C)C[C@@H](CO)NC(=O)c1c(-c2ccsc2)nc2c(NC(=O)OC(C)(C)C)cccn12. The molecule has 0 aliphatic carbocycles. The lowest BCUT2D eigenvalue weighted by Crippen LogP contribution is -2.39. The van der Waals surface area contributed by atoms with Crippen molar-refractivity contribution < 1.29 is 19.4 Å². The average Bonchev–Trinajstić information content (AvgIpc) is 3.33. The molecule has 32 heavy (non-hydrogen) atoms. The van der Waals surface area contributed by atoms with Crippen molar-refractivity contribution in [1.82, 2.24) is 14.7 Å². The van der Waals surface area contributed by atoms with Crippen LogP contribution in [0.2, 0.25) is 0 Å². The number of nitrogens with zero attached hydrogens (tertiary/aromatic N) is 2. The van der Waals surface area contributed by atoms with Crippen LogP contribution in [0.25, 0.3) is 16.9 Å². The van der Waals surface area contributed by atoms with E-state index in [0.29, 0.717) is 35.1 Å². The van der Waals surface area contributed by atoms with E-state index in [0.717, 1.165) is 5.56 Å². The van der Waals surface area contributed by atoms with Gasteiger partial charge in [-0.3, -0.25) is 14.5 Å². The number of hydrogen-bond acceptors (Lipinski definition) is 6. The lowest BCUT2D eigenvalue weighted by atomic mass is 10.0. The molecule has 0 saturated carbocycles. The summed E-state index contributed by atoms with van der Waals surface area (Å²) >= 11 is 1.50. The summed E-state index contributed by atoms with van der Waals surface area (Å²) in [7, 11) is 0. The molecule has 1 atom stereocenters. The van der Waals surface area contributed by atoms with E-state index in [4.69, 9.17) is 9.72 Å². The van der Waals surface area contributed by atoms with Gasteiger partial charge in [0.15, 0.2) is 5.65 Å². The Morgan fingerprint density at radius 2 is 2.03 bits per heavy atom. The first-order chi connectivity index (χ1) is 15.1. The van der Waals surface area contributed by atoms with Gasteiger partial charge >= 0.3 is 6.09 Å². The number of aliphatic hydroxyl groups excluding tert-OH is 1. The van der Waals surface area contributed by atoms with Crippen molar-refractivity contribution in [1.29, 1.82) is 0 Å². The number of nitrogens with one attached hydrogen (secondary N) is 2. The van der Waals surface area contributed by atoms with Gasteiger partial charge in [-0.05, 0) is 56.7 Å². The zero-order valence-electron chi connectivity index (χ0n) is 19.0. The molecule has 0 spiro atoms. The molecule has 9 heteroatoms. The topological polar surface area (TPSA) is 105 Å². The van der Waals surface area contributed by atoms with Gasteiger partial charge in [-0.15, -0.1) is 0 Å². The molecule has 0 aliphatic rings. The van der Waals surface area contributed by atoms with Gasteiger partial charge in [0.05, 0.1) is 18.3 Å². The maximum absolute atomic E-state index is 13.3. The summed E-state index contributed by atoms with van der Waals surface area (Å²) in [6.45, 7) is 9.28. The Hall–Kier alpha value is -2.91. The number of pyridine rings is 1. The Kier molecular flexibility index (Phi) is 7.20. The highest BCUT2D eigenvalue weighted by molar-refractivity contribution is 7.08. The van der Waals surface area contributed by atoms with Crippen LogP contribution in [-0.4, -0.2) is 44.7 Å². The molecule has 3 N–H and O–H groups in total. The van der Waals surface area contributed by atoms with Crippen LogP contribution in [0.4, 0.5) is 10.5 Å². The van der Waals surface area contributed by atoms with Crippen molar-refractivity contribution in [2.75, 3.05) is 11.9 Å². The van der Waals surface area contributed by atoms with Crippen molar-refractivity contribution in [2.45, 2.75) is 52.7 Å². The molecule has 8 nitrogen and oxygen atoms in total. The summed E-state index contributed by atoms with van der Waals surface area (Å²) in [5.74, 6) is -0.0246. The van der Waals surface area contributed by atoms with Crippen LogP contribution >= 0.6 is 11.3 Å². The van der Waals surface area contributed by atoms with Gasteiger partial charge in [-0.2, -0.15) is 11.3 Å². The van der Waals surface area contributed by atoms with Crippen LogP contribution in [-0.2, 0) is 4.74 Å². The van der Waals surface area contributed by atoms with Crippen LogP contribution in [0.3, 0.4) is 0 Å². The summed E-state index contributed by atoms with van der Waals surface area (Å²) in [5.41, 5.74) is 1.85. The number of carbonyl (C=O) groups is 2. The fraction of sp³-hybridized carbons (Fsp3) is 0.435. The number of amides is 2. The molecule has 3 heterocycles. The van der Waals surface area contributed by atoms with Gasteiger partial charge < -0.3 is 15.2 Å². The number of imidazole rings is 1. The Morgan fingerprint density at radius 1 is 1.28 bits per heavy atom. The normalized spacial score (nSPS) is 12.7. The summed E-state index contributed by atoms with van der Waals surface area (Å²) in [6, 6.07) is 4.96. The molecule has 0 aromatic carbocycles. The third-order valence-corrected chi connectivity index (χ3v) is 5.29. The maximum Gasteiger partial charge on any atom is 0.412 e. The highest BCUT2D eigenvalue weighted by Crippen LogP contribution is 2.29. The summed E-state index contributed by atoms with van der Waals surface area (Å²) in [6.07, 6.45) is 1.77. The van der Waals surface area contributed by atoms with Crippen LogP contribution < -0.4 is 10.6 Å². The lowest BCUT2D eigenvalue weighted by Gasteiger charge is -2.20. The summed E-state index contributed by atoms with van der Waals surface area (Å²) in [5, 5.41) is 19.2. The van der Waals surface area contributed by atoms with Crippen LogP contribution in [0.5, 0.6) is 0 Å². The van der Waals surface area contributed by atoms with E-state index in [1.165, 1.54) is 11.3 Å². The van der Waals surface area contributed by atoms with Gasteiger partial charge in [-0.25, -0.2) is 9.78 Å². The number of rotatable bonds is 7. The quantitative estimate of drug-likeness (QED) is 0.482. The highest BCUT2D eigenvalue weighted by Gasteiger charge is 2.25. The largest absolute Gasteiger partial charge is 0.444 e. The van der Waals surface area contributed by atoms with E-state index in [2.05, 4.69) is 10.6 Å². The third kappa shape index (κ3) is 5.66. The second kappa shape index (κ2) is 9.70. The van der Waals surface area contributed by atoms with Gasteiger partial charge in [0.2, 0.25) is 0 Å². The number of anilines is 1. The second-order valence-electron chi connectivity index (χ2n) is 9.05. The lowest BCUT2D eigenvalue weighted by molar-refractivity contribution is 0.0636. The minimum absolute atomic E-state index is 0.153. The number of hydrogen-bond donors (Lipinski definition) is 3. The van der Waals surface area contributed by atoms with E-state index < -0.39 is 11.7 Å². The van der Waals surface area contributed by atoms with Crippen molar-refractivity contribution in [3.63, 3.8) is 0 Å². The number of carbonyl (C=O) groups excluding carboxylic acids is 2. The predicted molar refractivity (Wildman–Crippen MR) is 126 cm³/mol.